The van der Waals surface area contributed by atoms with Crippen LogP contribution in [0.2, 0.25) is 0 Å². The van der Waals surface area contributed by atoms with Gasteiger partial charge in [0.15, 0.2) is 0 Å². The second-order valence-corrected chi connectivity index (χ2v) is 7.62. The lowest BCUT2D eigenvalue weighted by Crippen LogP contribution is -2.48. The smallest absolute Gasteiger partial charge is 0.222 e. The Balaban J connectivity index is 0.00000220. The van der Waals surface area contributed by atoms with Gasteiger partial charge in [-0.2, -0.15) is 0 Å². The van der Waals surface area contributed by atoms with E-state index in [9.17, 15) is 4.79 Å². The van der Waals surface area contributed by atoms with Gasteiger partial charge in [-0.1, -0.05) is 0 Å². The summed E-state index contributed by atoms with van der Waals surface area (Å²) in [6.45, 7) is 5.60. The Bertz CT molecular complexity index is 439. The van der Waals surface area contributed by atoms with Gasteiger partial charge in [0.25, 0.3) is 0 Å². The summed E-state index contributed by atoms with van der Waals surface area (Å²) in [5.41, 5.74) is 0. The number of thiophene rings is 1. The summed E-state index contributed by atoms with van der Waals surface area (Å²) in [6.07, 6.45) is 1.59. The van der Waals surface area contributed by atoms with E-state index in [0.29, 0.717) is 12.3 Å². The summed E-state index contributed by atoms with van der Waals surface area (Å²) in [6, 6.07) is 4.27. The van der Waals surface area contributed by atoms with Crippen LogP contribution in [0.15, 0.2) is 15.9 Å². The van der Waals surface area contributed by atoms with Gasteiger partial charge in [-0.15, -0.1) is 36.2 Å². The molecule has 0 radical (unpaired) electrons. The number of hydrogen-bond donors (Lipinski definition) is 1. The third-order valence-electron chi connectivity index (χ3n) is 3.55. The van der Waals surface area contributed by atoms with Crippen LogP contribution in [0.4, 0.5) is 0 Å². The molecule has 2 rings (SSSR count). The Hall–Kier alpha value is 0.150. The Kier molecular flexibility index (Phi) is 11.7. The molecule has 1 saturated heterocycles. The standard InChI is InChI=1S/C14H22BrN3OS.2ClH/c1-16-6-2-3-14(19)18-9-7-17(8-10-18)11-12-4-5-13(15)20-12;;/h4-5,16H,2-3,6-11H2,1H3;2*1H. The van der Waals surface area contributed by atoms with Crippen LogP contribution >= 0.6 is 52.1 Å². The number of amides is 1. The maximum atomic E-state index is 12.0. The third kappa shape index (κ3) is 7.15. The van der Waals surface area contributed by atoms with Crippen molar-refractivity contribution in [2.45, 2.75) is 19.4 Å². The highest BCUT2D eigenvalue weighted by molar-refractivity contribution is 9.11. The number of hydrogen-bond acceptors (Lipinski definition) is 4. The molecule has 1 aromatic rings. The van der Waals surface area contributed by atoms with Crippen molar-refractivity contribution < 1.29 is 4.79 Å². The van der Waals surface area contributed by atoms with Gasteiger partial charge in [-0.25, -0.2) is 0 Å². The Morgan fingerprint density at radius 3 is 2.50 bits per heavy atom. The molecule has 128 valence electrons. The quantitative estimate of drug-likeness (QED) is 0.701. The van der Waals surface area contributed by atoms with Crippen molar-refractivity contribution >= 4 is 58.0 Å². The lowest BCUT2D eigenvalue weighted by atomic mass is 10.2. The van der Waals surface area contributed by atoms with Crippen molar-refractivity contribution in [3.05, 3.63) is 20.8 Å². The average molecular weight is 433 g/mol. The van der Waals surface area contributed by atoms with Crippen molar-refractivity contribution in [3.8, 4) is 0 Å². The topological polar surface area (TPSA) is 35.6 Å². The molecule has 1 aliphatic rings. The molecule has 4 nitrogen and oxygen atoms in total. The number of rotatable bonds is 6. The van der Waals surface area contributed by atoms with Crippen molar-refractivity contribution in [3.63, 3.8) is 0 Å². The summed E-state index contributed by atoms with van der Waals surface area (Å²) in [7, 11) is 1.92. The molecule has 1 aliphatic heterocycles. The first-order valence-electron chi connectivity index (χ1n) is 7.08. The maximum absolute atomic E-state index is 12.0. The lowest BCUT2D eigenvalue weighted by molar-refractivity contribution is -0.133. The van der Waals surface area contributed by atoms with Crippen molar-refractivity contribution in [2.24, 2.45) is 0 Å². The van der Waals surface area contributed by atoms with Crippen molar-refractivity contribution in [2.75, 3.05) is 39.8 Å². The molecule has 0 bridgehead atoms. The van der Waals surface area contributed by atoms with Gasteiger partial charge in [0.1, 0.15) is 0 Å². The zero-order valence-electron chi connectivity index (χ0n) is 12.7. The highest BCUT2D eigenvalue weighted by Gasteiger charge is 2.20. The van der Waals surface area contributed by atoms with Crippen LogP contribution in [0.1, 0.15) is 17.7 Å². The van der Waals surface area contributed by atoms with Crippen molar-refractivity contribution in [1.29, 1.82) is 0 Å². The van der Waals surface area contributed by atoms with Crippen LogP contribution < -0.4 is 5.32 Å². The van der Waals surface area contributed by atoms with Crippen LogP contribution in [0.5, 0.6) is 0 Å². The zero-order chi connectivity index (χ0) is 14.4. The monoisotopic (exact) mass is 431 g/mol. The molecule has 0 spiro atoms. The molecular weight excluding hydrogens is 409 g/mol. The summed E-state index contributed by atoms with van der Waals surface area (Å²) >= 11 is 5.29. The minimum atomic E-state index is 0. The van der Waals surface area contributed by atoms with E-state index in [2.05, 4.69) is 38.3 Å². The number of halogens is 3. The Labute approximate surface area is 157 Å². The number of nitrogens with zero attached hydrogens (tertiary/aromatic N) is 2. The molecule has 0 unspecified atom stereocenters. The molecule has 0 aliphatic carbocycles. The number of piperazine rings is 1. The molecular formula is C14H24BrCl2N3OS. The minimum Gasteiger partial charge on any atom is -0.340 e. The first-order valence-corrected chi connectivity index (χ1v) is 8.69. The average Bonchev–Trinajstić information content (AvgIpc) is 2.85. The second kappa shape index (κ2) is 11.6. The molecule has 0 aromatic carbocycles. The third-order valence-corrected chi connectivity index (χ3v) is 5.16. The van der Waals surface area contributed by atoms with Gasteiger partial charge in [-0.05, 0) is 48.1 Å². The second-order valence-electron chi connectivity index (χ2n) is 5.07. The Morgan fingerprint density at radius 2 is 1.95 bits per heavy atom. The molecule has 0 atom stereocenters. The summed E-state index contributed by atoms with van der Waals surface area (Å²) < 4.78 is 1.19. The van der Waals surface area contributed by atoms with Gasteiger partial charge >= 0.3 is 0 Å². The molecule has 1 amide bonds. The fraction of sp³-hybridized carbons (Fsp3) is 0.643. The van der Waals surface area contributed by atoms with Gasteiger partial charge in [-0.3, -0.25) is 9.69 Å². The number of carbonyl (C=O) groups excluding carboxylic acids is 1. The SMILES string of the molecule is CNCCCC(=O)N1CCN(Cc2ccc(Br)s2)CC1.Cl.Cl. The van der Waals surface area contributed by atoms with E-state index in [1.54, 1.807) is 11.3 Å². The van der Waals surface area contributed by atoms with Gasteiger partial charge in [0.05, 0.1) is 3.79 Å². The normalized spacial score (nSPS) is 15.1. The van der Waals surface area contributed by atoms with Gasteiger partial charge < -0.3 is 10.2 Å². The van der Waals surface area contributed by atoms with E-state index >= 15 is 0 Å². The fourth-order valence-electron chi connectivity index (χ4n) is 2.39. The van der Waals surface area contributed by atoms with Gasteiger partial charge in [0.2, 0.25) is 5.91 Å². The minimum absolute atomic E-state index is 0. The predicted molar refractivity (Wildman–Crippen MR) is 102 cm³/mol. The highest BCUT2D eigenvalue weighted by Crippen LogP contribution is 2.23. The molecule has 1 aromatic heterocycles. The van der Waals surface area contributed by atoms with Crippen LogP contribution in [-0.4, -0.2) is 55.5 Å². The van der Waals surface area contributed by atoms with E-state index in [-0.39, 0.29) is 24.8 Å². The first kappa shape index (κ1) is 22.1. The molecule has 1 fully saturated rings. The van der Waals surface area contributed by atoms with Crippen LogP contribution in [0, 0.1) is 0 Å². The zero-order valence-corrected chi connectivity index (χ0v) is 16.8. The van der Waals surface area contributed by atoms with E-state index < -0.39 is 0 Å². The Morgan fingerprint density at radius 1 is 1.27 bits per heavy atom. The maximum Gasteiger partial charge on any atom is 0.222 e. The van der Waals surface area contributed by atoms with Gasteiger partial charge in [0, 0.05) is 44.0 Å². The van der Waals surface area contributed by atoms with E-state index in [4.69, 9.17) is 0 Å². The number of nitrogens with one attached hydrogen (secondary N) is 1. The van der Waals surface area contributed by atoms with E-state index in [1.807, 2.05) is 11.9 Å². The number of carbonyl (C=O) groups is 1. The summed E-state index contributed by atoms with van der Waals surface area (Å²) in [4.78, 5) is 17.8. The molecule has 0 saturated carbocycles. The van der Waals surface area contributed by atoms with E-state index in [1.165, 1.54) is 8.66 Å². The molecule has 2 heterocycles. The van der Waals surface area contributed by atoms with Crippen LogP contribution in [-0.2, 0) is 11.3 Å². The highest BCUT2D eigenvalue weighted by atomic mass is 79.9. The van der Waals surface area contributed by atoms with E-state index in [0.717, 1.165) is 45.7 Å². The molecule has 22 heavy (non-hydrogen) atoms. The molecule has 1 N–H and O–H groups in total. The first-order chi connectivity index (χ1) is 9.69. The largest absolute Gasteiger partial charge is 0.340 e. The predicted octanol–water partition coefficient (Wildman–Crippen LogP) is 3.00. The summed E-state index contributed by atoms with van der Waals surface area (Å²) in [5, 5.41) is 3.08. The molecule has 8 heteroatoms. The lowest BCUT2D eigenvalue weighted by Gasteiger charge is -2.34. The summed E-state index contributed by atoms with van der Waals surface area (Å²) in [5.74, 6) is 0.304. The van der Waals surface area contributed by atoms with Crippen LogP contribution in [0.25, 0.3) is 0 Å². The fourth-order valence-corrected chi connectivity index (χ4v) is 3.91. The van der Waals surface area contributed by atoms with Crippen molar-refractivity contribution in [1.82, 2.24) is 15.1 Å². The van der Waals surface area contributed by atoms with Crippen LogP contribution in [0.3, 0.4) is 0 Å².